The highest BCUT2D eigenvalue weighted by atomic mass is 16.6. The van der Waals surface area contributed by atoms with Crippen LogP contribution < -0.4 is 5.73 Å². The highest BCUT2D eigenvalue weighted by Gasteiger charge is 2.26. The van der Waals surface area contributed by atoms with E-state index in [1.807, 2.05) is 26.0 Å². The van der Waals surface area contributed by atoms with Crippen molar-refractivity contribution in [2.75, 3.05) is 7.11 Å². The van der Waals surface area contributed by atoms with Gasteiger partial charge in [0.2, 0.25) is 5.91 Å². The first-order chi connectivity index (χ1) is 9.93. The van der Waals surface area contributed by atoms with Crippen molar-refractivity contribution in [1.29, 1.82) is 0 Å². The zero-order valence-corrected chi connectivity index (χ0v) is 12.5. The summed E-state index contributed by atoms with van der Waals surface area (Å²) in [5, 5.41) is 0. The number of rotatable bonds is 6. The lowest BCUT2D eigenvalue weighted by Crippen LogP contribution is -2.29. The van der Waals surface area contributed by atoms with Crippen molar-refractivity contribution < 1.29 is 19.1 Å². The Kier molecular flexibility index (Phi) is 6.46. The van der Waals surface area contributed by atoms with Crippen LogP contribution in [0, 0.1) is 5.92 Å². The first kappa shape index (κ1) is 16.8. The van der Waals surface area contributed by atoms with Crippen molar-refractivity contribution in [3.8, 4) is 0 Å². The molecule has 1 amide bonds. The molecule has 0 bridgehead atoms. The van der Waals surface area contributed by atoms with E-state index in [1.165, 1.54) is 13.2 Å². The van der Waals surface area contributed by atoms with Crippen molar-refractivity contribution in [3.63, 3.8) is 0 Å². The van der Waals surface area contributed by atoms with E-state index in [-0.39, 0.29) is 17.8 Å². The number of carbonyl (C=O) groups excluding carboxylic acids is 2. The van der Waals surface area contributed by atoms with Crippen LogP contribution in [0.3, 0.4) is 0 Å². The fraction of sp³-hybridized carbons (Fsp3) is 0.375. The van der Waals surface area contributed by atoms with Gasteiger partial charge < -0.3 is 15.2 Å². The molecule has 1 aliphatic heterocycles. The molecule has 0 aliphatic carbocycles. The van der Waals surface area contributed by atoms with Crippen molar-refractivity contribution >= 4 is 11.9 Å². The van der Waals surface area contributed by atoms with Gasteiger partial charge in [0.25, 0.3) is 0 Å². The third-order valence-electron chi connectivity index (χ3n) is 3.06. The molecule has 0 aromatic heterocycles. The topological polar surface area (TPSA) is 78.6 Å². The van der Waals surface area contributed by atoms with E-state index < -0.39 is 11.9 Å². The highest BCUT2D eigenvalue weighted by molar-refractivity contribution is 5.87. The standard InChI is InChI=1S/C16H21NO4/c1-11(6-4-5-7-15(17)18)10-12(2)13-8-9-14(20-3)16(19)21-13/h4-7,9-10,12-13H,8H2,1-3H3,(H2,17,18)/b6-4-,7-5-,11-10+/t12-,13-/m0/s1. The average molecular weight is 291 g/mol. The van der Waals surface area contributed by atoms with E-state index in [9.17, 15) is 9.59 Å². The van der Waals surface area contributed by atoms with Crippen molar-refractivity contribution in [2.45, 2.75) is 26.4 Å². The van der Waals surface area contributed by atoms with Crippen LogP contribution in [0.2, 0.25) is 0 Å². The maximum Gasteiger partial charge on any atom is 0.373 e. The molecule has 0 spiro atoms. The number of carbonyl (C=O) groups is 2. The van der Waals surface area contributed by atoms with Gasteiger partial charge in [0, 0.05) is 18.4 Å². The van der Waals surface area contributed by atoms with Gasteiger partial charge in [0.15, 0.2) is 5.76 Å². The Morgan fingerprint density at radius 3 is 2.71 bits per heavy atom. The van der Waals surface area contributed by atoms with Crippen LogP contribution in [0.4, 0.5) is 0 Å². The van der Waals surface area contributed by atoms with Crippen LogP contribution in [-0.2, 0) is 19.1 Å². The number of esters is 1. The molecule has 1 rings (SSSR count). The number of ether oxygens (including phenoxy) is 2. The van der Waals surface area contributed by atoms with Gasteiger partial charge in [-0.1, -0.05) is 36.8 Å². The first-order valence-electron chi connectivity index (χ1n) is 6.71. The Labute approximate surface area is 124 Å². The van der Waals surface area contributed by atoms with Crippen LogP contribution in [0.1, 0.15) is 20.3 Å². The summed E-state index contributed by atoms with van der Waals surface area (Å²) >= 11 is 0. The van der Waals surface area contributed by atoms with Gasteiger partial charge >= 0.3 is 5.97 Å². The van der Waals surface area contributed by atoms with E-state index in [2.05, 4.69) is 0 Å². The van der Waals surface area contributed by atoms with Crippen molar-refractivity contribution in [3.05, 3.63) is 47.8 Å². The van der Waals surface area contributed by atoms with E-state index in [1.54, 1.807) is 18.2 Å². The van der Waals surface area contributed by atoms with Gasteiger partial charge in [-0.3, -0.25) is 4.79 Å². The summed E-state index contributed by atoms with van der Waals surface area (Å²) in [7, 11) is 1.45. The number of hydrogen-bond acceptors (Lipinski definition) is 4. The zero-order valence-electron chi connectivity index (χ0n) is 12.5. The van der Waals surface area contributed by atoms with Crippen molar-refractivity contribution in [2.24, 2.45) is 11.7 Å². The number of allylic oxidation sites excluding steroid dienone is 4. The second kappa shape index (κ2) is 8.09. The van der Waals surface area contributed by atoms with E-state index >= 15 is 0 Å². The minimum atomic E-state index is -0.482. The van der Waals surface area contributed by atoms with Crippen LogP contribution in [-0.4, -0.2) is 25.1 Å². The predicted octanol–water partition coefficient (Wildman–Crippen LogP) is 2.01. The number of methoxy groups -OCH3 is 1. The summed E-state index contributed by atoms with van der Waals surface area (Å²) in [4.78, 5) is 22.1. The minimum absolute atomic E-state index is 0.0772. The quantitative estimate of drug-likeness (QED) is 0.461. The molecule has 0 saturated heterocycles. The lowest BCUT2D eigenvalue weighted by Gasteiger charge is -2.25. The summed E-state index contributed by atoms with van der Waals surface area (Å²) in [6, 6.07) is 0. The molecule has 2 N–H and O–H groups in total. The van der Waals surface area contributed by atoms with Crippen molar-refractivity contribution in [1.82, 2.24) is 0 Å². The van der Waals surface area contributed by atoms with E-state index in [4.69, 9.17) is 15.2 Å². The fourth-order valence-corrected chi connectivity index (χ4v) is 1.97. The molecule has 0 radical (unpaired) electrons. The number of cyclic esters (lactones) is 1. The summed E-state index contributed by atoms with van der Waals surface area (Å²) < 4.78 is 10.2. The van der Waals surface area contributed by atoms with E-state index in [0.29, 0.717) is 6.42 Å². The Morgan fingerprint density at radius 2 is 2.14 bits per heavy atom. The Hall–Kier alpha value is -2.30. The molecule has 0 unspecified atom stereocenters. The molecule has 0 saturated carbocycles. The third-order valence-corrected chi connectivity index (χ3v) is 3.06. The highest BCUT2D eigenvalue weighted by Crippen LogP contribution is 2.22. The minimum Gasteiger partial charge on any atom is -0.490 e. The molecule has 0 aromatic carbocycles. The Morgan fingerprint density at radius 1 is 1.48 bits per heavy atom. The summed E-state index contributed by atoms with van der Waals surface area (Å²) in [6.07, 6.45) is 10.7. The molecule has 0 aromatic rings. The molecule has 5 heteroatoms. The number of nitrogens with two attached hydrogens (primary N) is 1. The maximum atomic E-state index is 11.6. The largest absolute Gasteiger partial charge is 0.490 e. The molecule has 1 aliphatic rings. The SMILES string of the molecule is COC1=CC[C@@H]([C@@H](C)/C=C(C)/C=C\C=C/C(N)=O)OC1=O. The third kappa shape index (κ3) is 5.69. The normalized spacial score (nSPS) is 21.3. The van der Waals surface area contributed by atoms with Gasteiger partial charge in [-0.2, -0.15) is 0 Å². The van der Waals surface area contributed by atoms with Crippen LogP contribution in [0.25, 0.3) is 0 Å². The number of hydrogen-bond donors (Lipinski definition) is 1. The van der Waals surface area contributed by atoms with Gasteiger partial charge in [0.05, 0.1) is 7.11 Å². The Balaban J connectivity index is 2.61. The van der Waals surface area contributed by atoms with Gasteiger partial charge in [-0.05, 0) is 13.0 Å². The van der Waals surface area contributed by atoms with Gasteiger partial charge in [-0.25, -0.2) is 4.79 Å². The molecule has 1 heterocycles. The fourth-order valence-electron chi connectivity index (χ4n) is 1.97. The molecular weight excluding hydrogens is 270 g/mol. The lowest BCUT2D eigenvalue weighted by molar-refractivity contribution is -0.151. The van der Waals surface area contributed by atoms with Gasteiger partial charge in [-0.15, -0.1) is 0 Å². The zero-order chi connectivity index (χ0) is 15.8. The lowest BCUT2D eigenvalue weighted by atomic mass is 9.97. The molecule has 5 nitrogen and oxygen atoms in total. The maximum absolute atomic E-state index is 11.6. The molecular formula is C16H21NO4. The Bertz CT molecular complexity index is 514. The molecule has 2 atom stereocenters. The van der Waals surface area contributed by atoms with Crippen LogP contribution >= 0.6 is 0 Å². The molecule has 114 valence electrons. The molecule has 21 heavy (non-hydrogen) atoms. The van der Waals surface area contributed by atoms with Crippen LogP contribution in [0.15, 0.2) is 47.8 Å². The second-order valence-corrected chi connectivity index (χ2v) is 4.84. The average Bonchev–Trinajstić information content (AvgIpc) is 2.43. The number of primary amides is 1. The first-order valence-corrected chi connectivity index (χ1v) is 6.71. The summed E-state index contributed by atoms with van der Waals surface area (Å²) in [5.74, 6) is -0.569. The van der Waals surface area contributed by atoms with Crippen LogP contribution in [0.5, 0.6) is 0 Å². The monoisotopic (exact) mass is 291 g/mol. The smallest absolute Gasteiger partial charge is 0.373 e. The number of amides is 1. The molecule has 0 fully saturated rings. The van der Waals surface area contributed by atoms with Gasteiger partial charge in [0.1, 0.15) is 6.10 Å². The van der Waals surface area contributed by atoms with E-state index in [0.717, 1.165) is 5.57 Å². The summed E-state index contributed by atoms with van der Waals surface area (Å²) in [5.41, 5.74) is 5.99. The predicted molar refractivity (Wildman–Crippen MR) is 80.0 cm³/mol. The second-order valence-electron chi connectivity index (χ2n) is 4.84. The summed E-state index contributed by atoms with van der Waals surface area (Å²) in [6.45, 7) is 3.92.